The van der Waals surface area contributed by atoms with E-state index in [1.807, 2.05) is 36.4 Å². The van der Waals surface area contributed by atoms with E-state index in [0.29, 0.717) is 16.1 Å². The van der Waals surface area contributed by atoms with Gasteiger partial charge in [-0.15, -0.1) is 0 Å². The number of para-hydroxylation sites is 1. The average molecular weight is 261 g/mol. The third kappa shape index (κ3) is 1.71. The lowest BCUT2D eigenvalue weighted by Crippen LogP contribution is -1.87. The molecule has 5 heteroatoms. The van der Waals surface area contributed by atoms with Crippen LogP contribution in [0.15, 0.2) is 41.0 Å². The maximum absolute atomic E-state index is 6.15. The lowest BCUT2D eigenvalue weighted by molar-refractivity contribution is 0.315. The van der Waals surface area contributed by atoms with Crippen molar-refractivity contribution in [1.29, 1.82) is 0 Å². The zero-order valence-electron chi connectivity index (χ0n) is 9.55. The van der Waals surface area contributed by atoms with E-state index in [0.717, 1.165) is 16.9 Å². The van der Waals surface area contributed by atoms with Crippen molar-refractivity contribution >= 4 is 22.6 Å². The number of nitrogens with zero attached hydrogens (tertiary/aromatic N) is 2. The maximum atomic E-state index is 6.15. The molecular weight excluding hydrogens is 252 g/mol. The van der Waals surface area contributed by atoms with Gasteiger partial charge in [0.05, 0.1) is 12.1 Å². The molecule has 0 spiro atoms. The largest absolute Gasteiger partial charge is 0.496 e. The van der Waals surface area contributed by atoms with E-state index >= 15 is 0 Å². The minimum absolute atomic E-state index is 0.509. The molecule has 0 bridgehead atoms. The summed E-state index contributed by atoms with van der Waals surface area (Å²) in [6, 6.07) is 11.4. The van der Waals surface area contributed by atoms with Gasteiger partial charge >= 0.3 is 0 Å². The van der Waals surface area contributed by atoms with Gasteiger partial charge in [0, 0.05) is 5.56 Å². The molecule has 2 aromatic carbocycles. The smallest absolute Gasteiger partial charge is 0.153 e. The summed E-state index contributed by atoms with van der Waals surface area (Å²) in [6.07, 6.45) is 0. The van der Waals surface area contributed by atoms with Crippen LogP contribution in [0.5, 0.6) is 5.75 Å². The van der Waals surface area contributed by atoms with E-state index in [2.05, 4.69) is 14.9 Å². The third-order valence-electron chi connectivity index (χ3n) is 2.73. The van der Waals surface area contributed by atoms with Gasteiger partial charge in [-0.2, -0.15) is 0 Å². The molecule has 0 aliphatic rings. The summed E-state index contributed by atoms with van der Waals surface area (Å²) in [4.78, 5) is 0. The summed E-state index contributed by atoms with van der Waals surface area (Å²) in [5.41, 5.74) is 3.06. The summed E-state index contributed by atoms with van der Waals surface area (Å²) in [7, 11) is 1.64. The van der Waals surface area contributed by atoms with Crippen LogP contribution >= 0.6 is 11.6 Å². The Kier molecular flexibility index (Phi) is 2.64. The van der Waals surface area contributed by atoms with Crippen molar-refractivity contribution in [3.63, 3.8) is 0 Å². The molecule has 0 atom stereocenters. The first-order chi connectivity index (χ1) is 8.79. The Hall–Kier alpha value is -2.07. The maximum Gasteiger partial charge on any atom is 0.153 e. The molecular formula is C13H9ClN2O2. The predicted octanol–water partition coefficient (Wildman–Crippen LogP) is 3.55. The Morgan fingerprint density at radius 3 is 2.83 bits per heavy atom. The summed E-state index contributed by atoms with van der Waals surface area (Å²) in [6.45, 7) is 0. The SMILES string of the molecule is COc1ccccc1-c1cc(Cl)c2nonc2c1. The van der Waals surface area contributed by atoms with Crippen molar-refractivity contribution in [3.8, 4) is 16.9 Å². The van der Waals surface area contributed by atoms with Crippen molar-refractivity contribution in [2.75, 3.05) is 7.11 Å². The summed E-state index contributed by atoms with van der Waals surface area (Å²) >= 11 is 6.15. The van der Waals surface area contributed by atoms with Gasteiger partial charge in [-0.3, -0.25) is 0 Å². The zero-order valence-corrected chi connectivity index (χ0v) is 10.3. The first-order valence-corrected chi connectivity index (χ1v) is 5.72. The molecule has 0 saturated carbocycles. The standard InChI is InChI=1S/C13H9ClN2O2/c1-17-12-5-3-2-4-9(12)8-6-10(14)13-11(7-8)15-18-16-13/h2-7H,1H3. The van der Waals surface area contributed by atoms with E-state index < -0.39 is 0 Å². The van der Waals surface area contributed by atoms with Crippen LogP contribution in [0.2, 0.25) is 5.02 Å². The van der Waals surface area contributed by atoms with Gasteiger partial charge in [0.15, 0.2) is 5.52 Å². The molecule has 0 radical (unpaired) electrons. The summed E-state index contributed by atoms with van der Waals surface area (Å²) in [5.74, 6) is 0.782. The fraction of sp³-hybridized carbons (Fsp3) is 0.0769. The fourth-order valence-electron chi connectivity index (χ4n) is 1.89. The minimum atomic E-state index is 0.509. The second-order valence-electron chi connectivity index (χ2n) is 3.79. The number of rotatable bonds is 2. The molecule has 0 amide bonds. The molecule has 90 valence electrons. The molecule has 0 aliphatic carbocycles. The molecule has 0 fully saturated rings. The number of methoxy groups -OCH3 is 1. The fourth-order valence-corrected chi connectivity index (χ4v) is 2.14. The highest BCUT2D eigenvalue weighted by Crippen LogP contribution is 2.34. The molecule has 1 heterocycles. The Morgan fingerprint density at radius 1 is 1.17 bits per heavy atom. The topological polar surface area (TPSA) is 48.2 Å². The molecule has 0 aliphatic heterocycles. The van der Waals surface area contributed by atoms with E-state index in [9.17, 15) is 0 Å². The van der Waals surface area contributed by atoms with E-state index in [4.69, 9.17) is 16.3 Å². The Bertz CT molecular complexity index is 709. The molecule has 0 saturated heterocycles. The quantitative estimate of drug-likeness (QED) is 0.707. The third-order valence-corrected chi connectivity index (χ3v) is 3.02. The monoisotopic (exact) mass is 260 g/mol. The number of aromatic nitrogens is 2. The Balaban J connectivity index is 2.25. The number of hydrogen-bond donors (Lipinski definition) is 0. The minimum Gasteiger partial charge on any atom is -0.496 e. The normalized spacial score (nSPS) is 10.8. The number of benzene rings is 2. The van der Waals surface area contributed by atoms with Crippen molar-refractivity contribution in [3.05, 3.63) is 41.4 Å². The zero-order chi connectivity index (χ0) is 12.5. The van der Waals surface area contributed by atoms with Gasteiger partial charge in [0.1, 0.15) is 11.3 Å². The number of ether oxygens (including phenoxy) is 1. The van der Waals surface area contributed by atoms with Gasteiger partial charge in [-0.05, 0) is 34.1 Å². The number of hydrogen-bond acceptors (Lipinski definition) is 4. The van der Waals surface area contributed by atoms with Gasteiger partial charge in [-0.25, -0.2) is 4.63 Å². The average Bonchev–Trinajstić information content (AvgIpc) is 2.87. The van der Waals surface area contributed by atoms with Crippen molar-refractivity contribution < 1.29 is 9.37 Å². The highest BCUT2D eigenvalue weighted by atomic mass is 35.5. The molecule has 1 aromatic heterocycles. The first kappa shape index (κ1) is 11.0. The van der Waals surface area contributed by atoms with Gasteiger partial charge in [-0.1, -0.05) is 29.8 Å². The Labute approximate surface area is 108 Å². The second-order valence-corrected chi connectivity index (χ2v) is 4.20. The van der Waals surface area contributed by atoms with Crippen LogP contribution < -0.4 is 4.74 Å². The van der Waals surface area contributed by atoms with Crippen LogP contribution in [0.25, 0.3) is 22.2 Å². The summed E-state index contributed by atoms with van der Waals surface area (Å²) < 4.78 is 10.0. The molecule has 3 rings (SSSR count). The summed E-state index contributed by atoms with van der Waals surface area (Å²) in [5, 5.41) is 8.07. The van der Waals surface area contributed by atoms with Gasteiger partial charge in [0.2, 0.25) is 0 Å². The van der Waals surface area contributed by atoms with E-state index in [-0.39, 0.29) is 0 Å². The molecule has 18 heavy (non-hydrogen) atoms. The van der Waals surface area contributed by atoms with Crippen molar-refractivity contribution in [2.24, 2.45) is 0 Å². The molecule has 4 nitrogen and oxygen atoms in total. The second kappa shape index (κ2) is 4.31. The van der Waals surface area contributed by atoms with Crippen LogP contribution in [-0.2, 0) is 0 Å². The van der Waals surface area contributed by atoms with Crippen LogP contribution in [0.3, 0.4) is 0 Å². The lowest BCUT2D eigenvalue weighted by atomic mass is 10.0. The molecule has 0 N–H and O–H groups in total. The highest BCUT2D eigenvalue weighted by Gasteiger charge is 2.11. The predicted molar refractivity (Wildman–Crippen MR) is 68.8 cm³/mol. The highest BCUT2D eigenvalue weighted by molar-refractivity contribution is 6.35. The van der Waals surface area contributed by atoms with Crippen LogP contribution in [0, 0.1) is 0 Å². The van der Waals surface area contributed by atoms with Crippen molar-refractivity contribution in [1.82, 2.24) is 10.3 Å². The van der Waals surface area contributed by atoms with Crippen LogP contribution in [-0.4, -0.2) is 17.4 Å². The lowest BCUT2D eigenvalue weighted by Gasteiger charge is -2.08. The van der Waals surface area contributed by atoms with Crippen LogP contribution in [0.4, 0.5) is 0 Å². The molecule has 3 aromatic rings. The van der Waals surface area contributed by atoms with E-state index in [1.165, 1.54) is 0 Å². The number of fused-ring (bicyclic) bond motifs is 1. The van der Waals surface area contributed by atoms with E-state index in [1.54, 1.807) is 7.11 Å². The van der Waals surface area contributed by atoms with Crippen LogP contribution in [0.1, 0.15) is 0 Å². The van der Waals surface area contributed by atoms with Crippen molar-refractivity contribution in [2.45, 2.75) is 0 Å². The van der Waals surface area contributed by atoms with Gasteiger partial charge in [0.25, 0.3) is 0 Å². The Morgan fingerprint density at radius 2 is 2.00 bits per heavy atom. The first-order valence-electron chi connectivity index (χ1n) is 5.35. The molecule has 0 unspecified atom stereocenters. The number of halogens is 1. The van der Waals surface area contributed by atoms with Gasteiger partial charge < -0.3 is 4.74 Å².